The predicted molar refractivity (Wildman–Crippen MR) is 63.7 cm³/mol. The summed E-state index contributed by atoms with van der Waals surface area (Å²) >= 11 is 1.64. The van der Waals surface area contributed by atoms with Crippen LogP contribution in [0.15, 0.2) is 18.2 Å². The molecule has 1 aromatic rings. The van der Waals surface area contributed by atoms with Crippen LogP contribution in [-0.2, 0) is 4.79 Å². The quantitative estimate of drug-likeness (QED) is 0.783. The van der Waals surface area contributed by atoms with Crippen molar-refractivity contribution in [3.63, 3.8) is 0 Å². The molecule has 0 unspecified atom stereocenters. The van der Waals surface area contributed by atoms with Crippen molar-refractivity contribution in [3.05, 3.63) is 29.3 Å². The molecule has 0 aliphatic carbocycles. The maximum Gasteiger partial charge on any atom is 0.159 e. The fourth-order valence-corrected chi connectivity index (χ4v) is 3.26. The lowest BCUT2D eigenvalue weighted by Gasteiger charge is -2.12. The number of carbonyl (C=O) groups excluding carboxylic acids is 1. The first kappa shape index (κ1) is 12.3. The van der Waals surface area contributed by atoms with E-state index in [9.17, 15) is 9.90 Å². The van der Waals surface area contributed by atoms with Crippen molar-refractivity contribution in [1.82, 2.24) is 0 Å². The highest BCUT2D eigenvalue weighted by Crippen LogP contribution is 2.29. The summed E-state index contributed by atoms with van der Waals surface area (Å²) in [6, 6.07) is 5.51. The van der Waals surface area contributed by atoms with Crippen LogP contribution in [0.2, 0.25) is 0 Å². The van der Waals surface area contributed by atoms with E-state index in [0.717, 1.165) is 16.9 Å². The average Bonchev–Trinajstić information content (AvgIpc) is 2.78. The van der Waals surface area contributed by atoms with Gasteiger partial charge in [0.1, 0.15) is 17.8 Å². The van der Waals surface area contributed by atoms with E-state index in [1.165, 1.54) is 0 Å². The summed E-state index contributed by atoms with van der Waals surface area (Å²) in [6.45, 7) is 1.98. The molecular formula is C12H15NO3S. The number of rotatable bonds is 3. The minimum atomic E-state index is -0.981. The molecule has 2 rings (SSSR count). The molecule has 0 aromatic heterocycles. The number of methoxy groups -OCH3 is 1. The molecule has 1 aromatic carbocycles. The van der Waals surface area contributed by atoms with Gasteiger partial charge in [-0.3, -0.25) is 0 Å². The molecule has 1 aliphatic rings. The van der Waals surface area contributed by atoms with Crippen LogP contribution in [0.5, 0.6) is 5.75 Å². The van der Waals surface area contributed by atoms with E-state index >= 15 is 0 Å². The van der Waals surface area contributed by atoms with Crippen LogP contribution in [0, 0.1) is 6.92 Å². The number of nitrogens with two attached hydrogens (primary N) is 1. The molecule has 92 valence electrons. The van der Waals surface area contributed by atoms with Gasteiger partial charge in [-0.05, 0) is 30.7 Å². The highest BCUT2D eigenvalue weighted by molar-refractivity contribution is 7.99. The summed E-state index contributed by atoms with van der Waals surface area (Å²) in [5.41, 5.74) is 2.19. The largest absolute Gasteiger partial charge is 0.544 e. The van der Waals surface area contributed by atoms with Crippen molar-refractivity contribution in [2.75, 3.05) is 12.9 Å². The van der Waals surface area contributed by atoms with Crippen molar-refractivity contribution in [2.45, 2.75) is 18.3 Å². The number of quaternary nitrogens is 1. The summed E-state index contributed by atoms with van der Waals surface area (Å²) in [7, 11) is 1.64. The second-order valence-corrected chi connectivity index (χ2v) is 5.28. The lowest BCUT2D eigenvalue weighted by atomic mass is 10.1. The van der Waals surface area contributed by atoms with Gasteiger partial charge in [0.15, 0.2) is 5.37 Å². The van der Waals surface area contributed by atoms with E-state index in [0.29, 0.717) is 5.75 Å². The Morgan fingerprint density at radius 1 is 1.59 bits per heavy atom. The van der Waals surface area contributed by atoms with Crippen molar-refractivity contribution in [2.24, 2.45) is 0 Å². The van der Waals surface area contributed by atoms with Gasteiger partial charge in [0.25, 0.3) is 0 Å². The number of benzene rings is 1. The SMILES string of the molecule is COc1ccc([C@H]2[NH2+][C@H](C(=O)[O-])CS2)cc1C. The maximum absolute atomic E-state index is 10.8. The monoisotopic (exact) mass is 253 g/mol. The third-order valence-corrected chi connectivity index (χ3v) is 4.25. The lowest BCUT2D eigenvalue weighted by Crippen LogP contribution is -2.90. The molecule has 0 spiro atoms. The summed E-state index contributed by atoms with van der Waals surface area (Å²) in [6.07, 6.45) is 0. The number of aliphatic carboxylic acids is 1. The van der Waals surface area contributed by atoms with E-state index < -0.39 is 12.0 Å². The number of hydrogen-bond donors (Lipinski definition) is 1. The molecule has 0 amide bonds. The Labute approximate surface area is 104 Å². The van der Waals surface area contributed by atoms with E-state index in [1.807, 2.05) is 30.4 Å². The fraction of sp³-hybridized carbons (Fsp3) is 0.417. The maximum atomic E-state index is 10.8. The van der Waals surface area contributed by atoms with Gasteiger partial charge in [-0.1, -0.05) is 11.8 Å². The van der Waals surface area contributed by atoms with Gasteiger partial charge in [-0.25, -0.2) is 0 Å². The molecule has 2 atom stereocenters. The molecule has 4 nitrogen and oxygen atoms in total. The molecule has 1 aliphatic heterocycles. The van der Waals surface area contributed by atoms with Crippen LogP contribution < -0.4 is 15.2 Å². The Morgan fingerprint density at radius 3 is 2.88 bits per heavy atom. The van der Waals surface area contributed by atoms with Crippen LogP contribution in [0.25, 0.3) is 0 Å². The Morgan fingerprint density at radius 2 is 2.35 bits per heavy atom. The molecule has 17 heavy (non-hydrogen) atoms. The predicted octanol–water partition coefficient (Wildman–Crippen LogP) is -0.569. The minimum Gasteiger partial charge on any atom is -0.544 e. The van der Waals surface area contributed by atoms with E-state index in [-0.39, 0.29) is 5.37 Å². The van der Waals surface area contributed by atoms with Gasteiger partial charge in [0, 0.05) is 5.56 Å². The Balaban J connectivity index is 2.14. The molecule has 0 radical (unpaired) electrons. The first-order valence-corrected chi connectivity index (χ1v) is 6.48. The van der Waals surface area contributed by atoms with Crippen molar-refractivity contribution in [3.8, 4) is 5.75 Å². The third-order valence-electron chi connectivity index (χ3n) is 2.91. The molecule has 1 saturated heterocycles. The normalized spacial score (nSPS) is 23.6. The Kier molecular flexibility index (Phi) is 3.59. The number of carbonyl (C=O) groups is 1. The van der Waals surface area contributed by atoms with E-state index in [1.54, 1.807) is 18.9 Å². The van der Waals surface area contributed by atoms with Crippen LogP contribution in [-0.4, -0.2) is 24.9 Å². The standard InChI is InChI=1S/C12H15NO3S/c1-7-5-8(3-4-10(7)16-2)11-13-9(6-17-11)12(14)15/h3-5,9,11,13H,6H2,1-2H3,(H,14,15)/t9-,11-/m0/s1. The zero-order valence-corrected chi connectivity index (χ0v) is 10.6. The molecule has 5 heteroatoms. The Bertz CT molecular complexity index is 436. The summed E-state index contributed by atoms with van der Waals surface area (Å²) < 4.78 is 5.20. The van der Waals surface area contributed by atoms with Crippen LogP contribution in [0.3, 0.4) is 0 Å². The van der Waals surface area contributed by atoms with Gasteiger partial charge in [0.05, 0.1) is 12.9 Å². The number of hydrogen-bond acceptors (Lipinski definition) is 4. The summed E-state index contributed by atoms with van der Waals surface area (Å²) in [4.78, 5) is 10.8. The van der Waals surface area contributed by atoms with Crippen molar-refractivity contribution < 1.29 is 20.0 Å². The minimum absolute atomic E-state index is 0.141. The van der Waals surface area contributed by atoms with Gasteiger partial charge in [-0.2, -0.15) is 0 Å². The van der Waals surface area contributed by atoms with Gasteiger partial charge >= 0.3 is 0 Å². The van der Waals surface area contributed by atoms with Crippen LogP contribution >= 0.6 is 11.8 Å². The average molecular weight is 253 g/mol. The molecular weight excluding hydrogens is 238 g/mol. The summed E-state index contributed by atoms with van der Waals surface area (Å²) in [5.74, 6) is 0.469. The topological polar surface area (TPSA) is 66.0 Å². The van der Waals surface area contributed by atoms with E-state index in [2.05, 4.69) is 0 Å². The van der Waals surface area contributed by atoms with Crippen LogP contribution in [0.4, 0.5) is 0 Å². The van der Waals surface area contributed by atoms with Gasteiger partial charge in [-0.15, -0.1) is 0 Å². The lowest BCUT2D eigenvalue weighted by molar-refractivity contribution is -0.690. The van der Waals surface area contributed by atoms with Crippen molar-refractivity contribution >= 4 is 17.7 Å². The van der Waals surface area contributed by atoms with E-state index in [4.69, 9.17) is 4.74 Å². The fourth-order valence-electron chi connectivity index (χ4n) is 1.96. The first-order chi connectivity index (χ1) is 8.11. The molecule has 0 saturated carbocycles. The Hall–Kier alpha value is -1.20. The smallest absolute Gasteiger partial charge is 0.159 e. The number of carboxylic acids is 1. The van der Waals surface area contributed by atoms with Crippen molar-refractivity contribution in [1.29, 1.82) is 0 Å². The molecule has 1 fully saturated rings. The molecule has 0 bridgehead atoms. The van der Waals surface area contributed by atoms with Crippen LogP contribution in [0.1, 0.15) is 16.5 Å². The first-order valence-electron chi connectivity index (χ1n) is 5.44. The van der Waals surface area contributed by atoms with Gasteiger partial charge < -0.3 is 20.0 Å². The third kappa shape index (κ3) is 2.56. The number of ether oxygens (including phenoxy) is 1. The second kappa shape index (κ2) is 4.98. The van der Waals surface area contributed by atoms with Gasteiger partial charge in [0.2, 0.25) is 0 Å². The number of aryl methyl sites for hydroxylation is 1. The zero-order chi connectivity index (χ0) is 12.4. The molecule has 2 N–H and O–H groups in total. The molecule has 1 heterocycles. The second-order valence-electron chi connectivity index (χ2n) is 4.10. The summed E-state index contributed by atoms with van der Waals surface area (Å²) in [5, 5.41) is 12.8. The number of thioether (sulfide) groups is 1. The highest BCUT2D eigenvalue weighted by Gasteiger charge is 2.30. The zero-order valence-electron chi connectivity index (χ0n) is 9.80. The number of carboxylic acid groups (broad SMARTS) is 1. The highest BCUT2D eigenvalue weighted by atomic mass is 32.2.